The van der Waals surface area contributed by atoms with Crippen LogP contribution in [0.1, 0.15) is 26.3 Å². The third-order valence-electron chi connectivity index (χ3n) is 3.36. The fourth-order valence-electron chi connectivity index (χ4n) is 2.83. The summed E-state index contributed by atoms with van der Waals surface area (Å²) >= 11 is 6.34. The number of nitrogens with zero attached hydrogens (tertiary/aromatic N) is 1. The van der Waals surface area contributed by atoms with Gasteiger partial charge in [0.15, 0.2) is 0 Å². The topological polar surface area (TPSA) is 24.5 Å². The summed E-state index contributed by atoms with van der Waals surface area (Å²) in [5, 5.41) is 4.02. The molecule has 1 aromatic carbocycles. The molecule has 1 unspecified atom stereocenters. The molecular weight excluding hydrogens is 260 g/mol. The van der Waals surface area contributed by atoms with Crippen molar-refractivity contribution in [2.24, 2.45) is 0 Å². The van der Waals surface area contributed by atoms with Gasteiger partial charge in [-0.25, -0.2) is 0 Å². The van der Waals surface area contributed by atoms with Gasteiger partial charge in [0.2, 0.25) is 0 Å². The van der Waals surface area contributed by atoms with E-state index in [-0.39, 0.29) is 11.7 Å². The minimum Gasteiger partial charge on any atom is -0.369 e. The molecule has 0 aliphatic carbocycles. The highest BCUT2D eigenvalue weighted by Crippen LogP contribution is 2.32. The van der Waals surface area contributed by atoms with Crippen LogP contribution in [0.25, 0.3) is 0 Å². The molecule has 1 atom stereocenters. The molecule has 1 aliphatic rings. The summed E-state index contributed by atoms with van der Waals surface area (Å²) in [6.07, 6.45) is 0.227. The first-order valence-corrected chi connectivity index (χ1v) is 7.15. The molecule has 1 aliphatic heterocycles. The third-order valence-corrected chi connectivity index (χ3v) is 3.71. The molecule has 1 N–H and O–H groups in total. The minimum absolute atomic E-state index is 0.128. The molecule has 3 nitrogen and oxygen atoms in total. The molecule has 0 aromatic heterocycles. The summed E-state index contributed by atoms with van der Waals surface area (Å²) in [6, 6.07) is 6.11. The Hall–Kier alpha value is -0.770. The van der Waals surface area contributed by atoms with Crippen molar-refractivity contribution in [3.8, 4) is 0 Å². The lowest BCUT2D eigenvalue weighted by Crippen LogP contribution is -2.52. The lowest BCUT2D eigenvalue weighted by molar-refractivity contribution is -0.0750. The molecule has 1 saturated heterocycles. The average molecular weight is 283 g/mol. The second-order valence-electron chi connectivity index (χ2n) is 5.84. The van der Waals surface area contributed by atoms with Gasteiger partial charge in [-0.1, -0.05) is 17.7 Å². The van der Waals surface area contributed by atoms with Crippen LogP contribution in [0.5, 0.6) is 0 Å². The molecule has 1 fully saturated rings. The molecule has 0 bridgehead atoms. The molecule has 1 aromatic rings. The average Bonchev–Trinajstić information content (AvgIpc) is 2.29. The van der Waals surface area contributed by atoms with Crippen LogP contribution in [0.4, 0.5) is 5.69 Å². The number of halogens is 1. The van der Waals surface area contributed by atoms with Crippen LogP contribution in [0, 0.1) is 0 Å². The highest BCUT2D eigenvalue weighted by molar-refractivity contribution is 6.31. The second-order valence-corrected chi connectivity index (χ2v) is 6.24. The molecular formula is C15H23ClN2O. The van der Waals surface area contributed by atoms with E-state index in [4.69, 9.17) is 16.3 Å². The predicted molar refractivity (Wildman–Crippen MR) is 81.1 cm³/mol. The predicted octanol–water partition coefficient (Wildman–Crippen LogP) is 3.06. The first-order valence-electron chi connectivity index (χ1n) is 6.78. The van der Waals surface area contributed by atoms with E-state index in [0.29, 0.717) is 0 Å². The van der Waals surface area contributed by atoms with Gasteiger partial charge < -0.3 is 15.0 Å². The van der Waals surface area contributed by atoms with Crippen molar-refractivity contribution in [3.63, 3.8) is 0 Å². The van der Waals surface area contributed by atoms with Gasteiger partial charge in [-0.2, -0.15) is 0 Å². The van der Waals surface area contributed by atoms with Gasteiger partial charge in [-0.3, -0.25) is 0 Å². The fourth-order valence-corrected chi connectivity index (χ4v) is 3.07. The van der Waals surface area contributed by atoms with E-state index < -0.39 is 0 Å². The van der Waals surface area contributed by atoms with Crippen molar-refractivity contribution in [1.29, 1.82) is 0 Å². The van der Waals surface area contributed by atoms with Crippen LogP contribution in [0.2, 0.25) is 5.02 Å². The van der Waals surface area contributed by atoms with E-state index in [1.165, 1.54) is 5.69 Å². The van der Waals surface area contributed by atoms with Crippen molar-refractivity contribution >= 4 is 17.3 Å². The summed E-state index contributed by atoms with van der Waals surface area (Å²) in [7, 11) is 1.94. The summed E-state index contributed by atoms with van der Waals surface area (Å²) in [4.78, 5) is 2.38. The van der Waals surface area contributed by atoms with E-state index in [9.17, 15) is 0 Å². The number of hydrogen-bond donors (Lipinski definition) is 1. The zero-order valence-electron chi connectivity index (χ0n) is 12.2. The lowest BCUT2D eigenvalue weighted by atomic mass is 10.0. The van der Waals surface area contributed by atoms with Crippen LogP contribution in [0.3, 0.4) is 0 Å². The van der Waals surface area contributed by atoms with Gasteiger partial charge >= 0.3 is 0 Å². The van der Waals surface area contributed by atoms with Gasteiger partial charge in [-0.15, -0.1) is 0 Å². The van der Waals surface area contributed by atoms with Crippen LogP contribution < -0.4 is 10.2 Å². The quantitative estimate of drug-likeness (QED) is 0.922. The maximum atomic E-state index is 6.34. The molecule has 1 heterocycles. The van der Waals surface area contributed by atoms with Crippen molar-refractivity contribution in [2.45, 2.75) is 39.0 Å². The van der Waals surface area contributed by atoms with E-state index in [1.54, 1.807) is 0 Å². The number of morpholine rings is 1. The molecule has 19 heavy (non-hydrogen) atoms. The molecule has 0 amide bonds. The van der Waals surface area contributed by atoms with E-state index in [2.05, 4.69) is 37.1 Å². The van der Waals surface area contributed by atoms with Gasteiger partial charge in [0.1, 0.15) is 0 Å². The van der Waals surface area contributed by atoms with Gasteiger partial charge in [0.25, 0.3) is 0 Å². The number of anilines is 1. The Bertz CT molecular complexity index is 448. The highest BCUT2D eigenvalue weighted by atomic mass is 35.5. The van der Waals surface area contributed by atoms with Crippen LogP contribution in [-0.2, 0) is 11.3 Å². The maximum Gasteiger partial charge on any atom is 0.0805 e. The maximum absolute atomic E-state index is 6.34. The zero-order valence-corrected chi connectivity index (χ0v) is 12.9. The molecule has 4 heteroatoms. The third kappa shape index (κ3) is 3.41. The standard InChI is InChI=1S/C15H23ClN2O/c1-11-9-18(10-15(2,3)19-11)14-7-5-6-13(16)12(14)8-17-4/h5-7,11,17H,8-10H2,1-4H3. The van der Waals surface area contributed by atoms with Crippen LogP contribution >= 0.6 is 11.6 Å². The lowest BCUT2D eigenvalue weighted by Gasteiger charge is -2.43. The normalized spacial score (nSPS) is 22.6. The molecule has 0 radical (unpaired) electrons. The number of benzene rings is 1. The minimum atomic E-state index is -0.128. The second kappa shape index (κ2) is 5.70. The Labute approximate surface area is 120 Å². The summed E-state index contributed by atoms with van der Waals surface area (Å²) in [5.74, 6) is 0. The summed E-state index contributed by atoms with van der Waals surface area (Å²) < 4.78 is 5.97. The monoisotopic (exact) mass is 282 g/mol. The van der Waals surface area contributed by atoms with Crippen molar-refractivity contribution in [1.82, 2.24) is 5.32 Å². The zero-order chi connectivity index (χ0) is 14.0. The highest BCUT2D eigenvalue weighted by Gasteiger charge is 2.32. The van der Waals surface area contributed by atoms with E-state index in [1.807, 2.05) is 19.2 Å². The van der Waals surface area contributed by atoms with Gasteiger partial charge in [0, 0.05) is 35.9 Å². The number of ether oxygens (including phenoxy) is 1. The Morgan fingerprint density at radius 3 is 2.84 bits per heavy atom. The van der Waals surface area contributed by atoms with Gasteiger partial charge in [0.05, 0.1) is 11.7 Å². The SMILES string of the molecule is CNCc1c(Cl)cccc1N1CC(C)OC(C)(C)C1. The molecule has 106 valence electrons. The Morgan fingerprint density at radius 2 is 2.21 bits per heavy atom. The Kier molecular flexibility index (Phi) is 4.39. The van der Waals surface area contributed by atoms with E-state index in [0.717, 1.165) is 30.2 Å². The van der Waals surface area contributed by atoms with E-state index >= 15 is 0 Å². The van der Waals surface area contributed by atoms with Crippen LogP contribution in [0.15, 0.2) is 18.2 Å². The summed E-state index contributed by atoms with van der Waals surface area (Å²) in [5.41, 5.74) is 2.25. The van der Waals surface area contributed by atoms with Crippen molar-refractivity contribution in [3.05, 3.63) is 28.8 Å². The largest absolute Gasteiger partial charge is 0.369 e. The molecule has 0 spiro atoms. The molecule has 2 rings (SSSR count). The van der Waals surface area contributed by atoms with Crippen molar-refractivity contribution in [2.75, 3.05) is 25.0 Å². The number of rotatable bonds is 3. The Morgan fingerprint density at radius 1 is 1.47 bits per heavy atom. The number of hydrogen-bond acceptors (Lipinski definition) is 3. The first-order chi connectivity index (χ1) is 8.93. The van der Waals surface area contributed by atoms with Crippen LogP contribution in [-0.4, -0.2) is 31.8 Å². The number of nitrogens with one attached hydrogen (secondary N) is 1. The smallest absolute Gasteiger partial charge is 0.0805 e. The molecule has 0 saturated carbocycles. The van der Waals surface area contributed by atoms with Crippen molar-refractivity contribution < 1.29 is 4.74 Å². The Balaban J connectivity index is 2.33. The van der Waals surface area contributed by atoms with Gasteiger partial charge in [-0.05, 0) is 40.0 Å². The first kappa shape index (κ1) is 14.6. The fraction of sp³-hybridized carbons (Fsp3) is 0.600. The summed E-state index contributed by atoms with van der Waals surface area (Å²) in [6.45, 7) is 8.96.